The van der Waals surface area contributed by atoms with Crippen molar-refractivity contribution in [1.29, 1.82) is 0 Å². The Morgan fingerprint density at radius 1 is 0.808 bits per heavy atom. The average Bonchev–Trinajstić information content (AvgIpc) is 2.35. The Kier molecular flexibility index (Phi) is 8.98. The standard InChI is InChI=1S/C8H19N.C4HF9O3S/c1-6-9(7(2)3)8(4)5;5-1(6,3(9,10)11)2(7,8)4(12,13)17(14,15)16/h7-8H,6H2,1-5H3;(H,14,15,16). The molecular weight excluding hydrogens is 409 g/mol. The topological polar surface area (TPSA) is 61.6 Å². The van der Waals surface area contributed by atoms with Crippen LogP contribution in [0.5, 0.6) is 0 Å². The minimum absolute atomic E-state index is 0.773. The largest absolute Gasteiger partial charge is 0.743 e. The average molecular weight is 429 g/mol. The fraction of sp³-hybridized carbons (Fsp3) is 1.00. The van der Waals surface area contributed by atoms with Crippen LogP contribution in [0.15, 0.2) is 0 Å². The lowest BCUT2D eigenvalue weighted by molar-refractivity contribution is -0.940. The van der Waals surface area contributed by atoms with Crippen molar-refractivity contribution in [3.8, 4) is 0 Å². The van der Waals surface area contributed by atoms with Gasteiger partial charge in [-0.05, 0) is 34.6 Å². The van der Waals surface area contributed by atoms with Gasteiger partial charge in [0.2, 0.25) is 0 Å². The van der Waals surface area contributed by atoms with Gasteiger partial charge in [0, 0.05) is 0 Å². The predicted octanol–water partition coefficient (Wildman–Crippen LogP) is 2.67. The molecule has 160 valence electrons. The van der Waals surface area contributed by atoms with E-state index in [4.69, 9.17) is 0 Å². The maximum absolute atomic E-state index is 12.2. The van der Waals surface area contributed by atoms with Crippen molar-refractivity contribution in [2.45, 2.75) is 70.0 Å². The maximum atomic E-state index is 12.2. The van der Waals surface area contributed by atoms with Crippen molar-refractivity contribution >= 4 is 10.1 Å². The SMILES string of the molecule is CC[NH+](C(C)C)C(C)C.O=S(=O)([O-])C(F)(F)C(F)(F)C(F)(F)C(F)(F)F. The molecule has 0 rings (SSSR count). The molecule has 0 fully saturated rings. The Bertz CT molecular complexity index is 537. The number of halogens is 9. The van der Waals surface area contributed by atoms with Crippen LogP contribution >= 0.6 is 0 Å². The second-order valence-corrected chi connectivity index (χ2v) is 7.28. The number of rotatable bonds is 6. The van der Waals surface area contributed by atoms with Gasteiger partial charge >= 0.3 is 23.3 Å². The van der Waals surface area contributed by atoms with E-state index < -0.39 is 33.4 Å². The summed E-state index contributed by atoms with van der Waals surface area (Å²) in [4.78, 5) is 1.69. The predicted molar refractivity (Wildman–Crippen MR) is 72.4 cm³/mol. The summed E-state index contributed by atoms with van der Waals surface area (Å²) in [5.41, 5.74) is 0. The van der Waals surface area contributed by atoms with E-state index in [0.717, 1.165) is 12.1 Å². The summed E-state index contributed by atoms with van der Waals surface area (Å²) in [5, 5.41) is -7.11. The summed E-state index contributed by atoms with van der Waals surface area (Å²) >= 11 is 0. The van der Waals surface area contributed by atoms with Crippen LogP contribution in [0.25, 0.3) is 0 Å². The van der Waals surface area contributed by atoms with Crippen molar-refractivity contribution in [2.24, 2.45) is 0 Å². The smallest absolute Gasteiger partial charge is 0.460 e. The van der Waals surface area contributed by atoms with Crippen molar-refractivity contribution < 1.29 is 57.4 Å². The van der Waals surface area contributed by atoms with Crippen LogP contribution in [-0.4, -0.2) is 54.9 Å². The maximum Gasteiger partial charge on any atom is 0.460 e. The van der Waals surface area contributed by atoms with Crippen LogP contribution < -0.4 is 4.90 Å². The molecule has 0 radical (unpaired) electrons. The van der Waals surface area contributed by atoms with Crippen LogP contribution in [0.1, 0.15) is 34.6 Å². The third-order valence-electron chi connectivity index (χ3n) is 3.32. The lowest BCUT2D eigenvalue weighted by Gasteiger charge is -2.34. The molecule has 0 aromatic heterocycles. The first-order valence-corrected chi connectivity index (χ1v) is 8.51. The Labute approximate surface area is 145 Å². The van der Waals surface area contributed by atoms with Crippen LogP contribution in [0, 0.1) is 0 Å². The summed E-state index contributed by atoms with van der Waals surface area (Å²) in [6.07, 6.45) is -7.16. The zero-order valence-electron chi connectivity index (χ0n) is 14.4. The second-order valence-electron chi connectivity index (χ2n) is 5.86. The van der Waals surface area contributed by atoms with E-state index in [2.05, 4.69) is 34.6 Å². The van der Waals surface area contributed by atoms with Crippen LogP contribution in [0.3, 0.4) is 0 Å². The molecular formula is C12H20F9NO3S. The third kappa shape index (κ3) is 5.62. The Morgan fingerprint density at radius 2 is 1.12 bits per heavy atom. The summed E-state index contributed by atoms with van der Waals surface area (Å²) in [6.45, 7) is 12.6. The van der Waals surface area contributed by atoms with Gasteiger partial charge in [-0.3, -0.25) is 0 Å². The zero-order valence-corrected chi connectivity index (χ0v) is 15.2. The van der Waals surface area contributed by atoms with Crippen molar-refractivity contribution in [1.82, 2.24) is 0 Å². The lowest BCUT2D eigenvalue weighted by atomic mass is 10.1. The molecule has 26 heavy (non-hydrogen) atoms. The van der Waals surface area contributed by atoms with E-state index in [1.165, 1.54) is 6.54 Å². The van der Waals surface area contributed by atoms with Crippen molar-refractivity contribution in [2.75, 3.05) is 6.54 Å². The van der Waals surface area contributed by atoms with Crippen molar-refractivity contribution in [3.63, 3.8) is 0 Å². The van der Waals surface area contributed by atoms with E-state index in [9.17, 15) is 52.5 Å². The van der Waals surface area contributed by atoms with Crippen LogP contribution in [-0.2, 0) is 10.1 Å². The Morgan fingerprint density at radius 3 is 1.23 bits per heavy atom. The molecule has 0 heterocycles. The quantitative estimate of drug-likeness (QED) is 0.522. The fourth-order valence-corrected chi connectivity index (χ4v) is 2.44. The molecule has 0 aromatic carbocycles. The van der Waals surface area contributed by atoms with Crippen LogP contribution in [0.2, 0.25) is 0 Å². The molecule has 0 amide bonds. The highest BCUT2D eigenvalue weighted by molar-refractivity contribution is 7.86. The van der Waals surface area contributed by atoms with E-state index in [1.54, 1.807) is 4.90 Å². The molecule has 0 bridgehead atoms. The molecule has 4 nitrogen and oxygen atoms in total. The number of quaternary nitrogens is 1. The highest BCUT2D eigenvalue weighted by atomic mass is 32.2. The first kappa shape index (κ1) is 27.5. The van der Waals surface area contributed by atoms with E-state index in [-0.39, 0.29) is 0 Å². The number of hydrogen-bond acceptors (Lipinski definition) is 3. The highest BCUT2D eigenvalue weighted by Gasteiger charge is 2.83. The zero-order chi connectivity index (χ0) is 21.9. The van der Waals surface area contributed by atoms with Gasteiger partial charge in [-0.15, -0.1) is 0 Å². The second kappa shape index (κ2) is 8.50. The summed E-state index contributed by atoms with van der Waals surface area (Å²) in [7, 11) is -7.42. The molecule has 0 spiro atoms. The lowest BCUT2D eigenvalue weighted by Crippen LogP contribution is -3.17. The first-order valence-electron chi connectivity index (χ1n) is 7.10. The van der Waals surface area contributed by atoms with E-state index in [1.807, 2.05) is 0 Å². The molecule has 0 saturated carbocycles. The molecule has 0 aliphatic heterocycles. The normalized spacial score (nSPS) is 14.7. The minimum Gasteiger partial charge on any atom is -0.743 e. The van der Waals surface area contributed by atoms with Gasteiger partial charge < -0.3 is 9.45 Å². The molecule has 0 saturated heterocycles. The fourth-order valence-electron chi connectivity index (χ4n) is 2.00. The number of nitrogens with one attached hydrogen (secondary N) is 1. The Balaban J connectivity index is 0. The molecule has 1 N–H and O–H groups in total. The van der Waals surface area contributed by atoms with E-state index in [0.29, 0.717) is 0 Å². The monoisotopic (exact) mass is 429 g/mol. The molecule has 0 aliphatic rings. The van der Waals surface area contributed by atoms with Gasteiger partial charge in [0.05, 0.1) is 18.6 Å². The van der Waals surface area contributed by atoms with Gasteiger partial charge in [-0.1, -0.05) is 0 Å². The summed E-state index contributed by atoms with van der Waals surface area (Å²) < 4.78 is 135. The summed E-state index contributed by atoms with van der Waals surface area (Å²) in [6, 6.07) is 1.55. The van der Waals surface area contributed by atoms with Gasteiger partial charge in [0.25, 0.3) is 0 Å². The molecule has 14 heteroatoms. The summed E-state index contributed by atoms with van der Waals surface area (Å²) in [5.74, 6) is -14.8. The minimum atomic E-state index is -7.43. The third-order valence-corrected chi connectivity index (χ3v) is 4.21. The highest BCUT2D eigenvalue weighted by Crippen LogP contribution is 2.54. The van der Waals surface area contributed by atoms with Gasteiger partial charge in [-0.2, -0.15) is 39.5 Å². The van der Waals surface area contributed by atoms with Crippen molar-refractivity contribution in [3.05, 3.63) is 0 Å². The Hall–Kier alpha value is -0.760. The van der Waals surface area contributed by atoms with Crippen LogP contribution in [0.4, 0.5) is 39.5 Å². The van der Waals surface area contributed by atoms with Gasteiger partial charge in [-0.25, -0.2) is 8.42 Å². The molecule has 0 aromatic rings. The molecule has 0 atom stereocenters. The number of hydrogen-bond donors (Lipinski definition) is 1. The molecule has 0 aliphatic carbocycles. The van der Waals surface area contributed by atoms with Gasteiger partial charge in [0.1, 0.15) is 0 Å². The first-order chi connectivity index (χ1) is 11.1. The molecule has 0 unspecified atom stereocenters. The van der Waals surface area contributed by atoms with Gasteiger partial charge in [0.15, 0.2) is 10.1 Å². The van der Waals surface area contributed by atoms with E-state index >= 15 is 0 Å². The number of alkyl halides is 9.